The maximum atomic E-state index is 5.93. The van der Waals surface area contributed by atoms with Crippen molar-refractivity contribution < 1.29 is 18.9 Å². The van der Waals surface area contributed by atoms with Crippen LogP contribution in [-0.2, 0) is 11.3 Å². The Morgan fingerprint density at radius 1 is 1.19 bits per heavy atom. The molecule has 3 aliphatic heterocycles. The average molecular weight is 450 g/mol. The standard InChI is InChI=1S/C24H23N3O4S/c1-28-20-7-3-2-6-18(20)26-24-27(13-17-5-4-8-29-17)12-16-9-15-10-21-22(31-14-30-21)11-19(15)25-23(16)32-24/h2-3,6-7,9-11,17H,4-5,8,12-14H2,1H3. The first-order valence-electron chi connectivity index (χ1n) is 10.8. The van der Waals surface area contributed by atoms with Crippen molar-refractivity contribution in [3.8, 4) is 17.2 Å². The van der Waals surface area contributed by atoms with E-state index in [0.29, 0.717) is 0 Å². The summed E-state index contributed by atoms with van der Waals surface area (Å²) in [4.78, 5) is 12.2. The van der Waals surface area contributed by atoms with Gasteiger partial charge < -0.3 is 23.8 Å². The highest BCUT2D eigenvalue weighted by Gasteiger charge is 2.29. The Morgan fingerprint density at radius 3 is 2.91 bits per heavy atom. The fraction of sp³-hybridized carbons (Fsp3) is 0.333. The Labute approximate surface area is 190 Å². The summed E-state index contributed by atoms with van der Waals surface area (Å²) in [5, 5.41) is 2.93. The van der Waals surface area contributed by atoms with Gasteiger partial charge in [0.2, 0.25) is 6.79 Å². The molecule has 0 bridgehead atoms. The van der Waals surface area contributed by atoms with Crippen molar-refractivity contribution in [2.24, 2.45) is 4.99 Å². The summed E-state index contributed by atoms with van der Waals surface area (Å²) in [7, 11) is 1.67. The number of para-hydroxylation sites is 2. The van der Waals surface area contributed by atoms with Crippen LogP contribution in [0.25, 0.3) is 10.9 Å². The van der Waals surface area contributed by atoms with Gasteiger partial charge in [-0.1, -0.05) is 12.1 Å². The number of hydrogen-bond acceptors (Lipinski definition) is 7. The summed E-state index contributed by atoms with van der Waals surface area (Å²) in [6.45, 7) is 2.62. The van der Waals surface area contributed by atoms with Crippen LogP contribution in [0.2, 0.25) is 0 Å². The largest absolute Gasteiger partial charge is 0.494 e. The molecule has 7 nitrogen and oxygen atoms in total. The molecule has 0 N–H and O–H groups in total. The van der Waals surface area contributed by atoms with Gasteiger partial charge in [0.1, 0.15) is 16.5 Å². The Hall–Kier alpha value is -2.97. The molecule has 0 aliphatic carbocycles. The molecule has 0 spiro atoms. The quantitative estimate of drug-likeness (QED) is 0.570. The lowest BCUT2D eigenvalue weighted by molar-refractivity contribution is 0.0903. The Balaban J connectivity index is 1.41. The minimum atomic E-state index is 0.224. The molecule has 32 heavy (non-hydrogen) atoms. The highest BCUT2D eigenvalue weighted by atomic mass is 32.2. The molecule has 3 aromatic rings. The predicted molar refractivity (Wildman–Crippen MR) is 123 cm³/mol. The van der Waals surface area contributed by atoms with Crippen molar-refractivity contribution in [2.45, 2.75) is 30.5 Å². The van der Waals surface area contributed by atoms with Crippen molar-refractivity contribution in [2.75, 3.05) is 27.1 Å². The van der Waals surface area contributed by atoms with Gasteiger partial charge in [-0.05, 0) is 48.9 Å². The molecule has 4 heterocycles. The van der Waals surface area contributed by atoms with E-state index in [1.807, 2.05) is 36.4 Å². The molecular weight excluding hydrogens is 426 g/mol. The van der Waals surface area contributed by atoms with Crippen molar-refractivity contribution in [3.63, 3.8) is 0 Å². The number of pyridine rings is 1. The van der Waals surface area contributed by atoms with Crippen LogP contribution in [0.4, 0.5) is 5.69 Å². The average Bonchev–Trinajstić information content (AvgIpc) is 3.48. The molecule has 1 aromatic heterocycles. The minimum Gasteiger partial charge on any atom is -0.494 e. The van der Waals surface area contributed by atoms with Crippen LogP contribution in [-0.4, -0.2) is 48.2 Å². The van der Waals surface area contributed by atoms with E-state index in [-0.39, 0.29) is 12.9 Å². The molecule has 1 unspecified atom stereocenters. The number of methoxy groups -OCH3 is 1. The predicted octanol–water partition coefficient (Wildman–Crippen LogP) is 4.75. The lowest BCUT2D eigenvalue weighted by Crippen LogP contribution is -2.37. The van der Waals surface area contributed by atoms with Crippen LogP contribution in [0.5, 0.6) is 17.2 Å². The van der Waals surface area contributed by atoms with E-state index in [0.717, 1.165) is 76.6 Å². The molecule has 3 aliphatic rings. The van der Waals surface area contributed by atoms with Crippen LogP contribution in [0.3, 0.4) is 0 Å². The van der Waals surface area contributed by atoms with Crippen LogP contribution in [0.1, 0.15) is 18.4 Å². The number of rotatable bonds is 4. The van der Waals surface area contributed by atoms with Crippen LogP contribution in [0.15, 0.2) is 52.5 Å². The molecule has 164 valence electrons. The molecule has 0 amide bonds. The Morgan fingerprint density at radius 2 is 2.06 bits per heavy atom. The summed E-state index contributed by atoms with van der Waals surface area (Å²) < 4.78 is 22.5. The maximum absolute atomic E-state index is 5.93. The zero-order valence-corrected chi connectivity index (χ0v) is 18.6. The maximum Gasteiger partial charge on any atom is 0.231 e. The number of aliphatic imine (C=N–C) groups is 1. The monoisotopic (exact) mass is 449 g/mol. The van der Waals surface area contributed by atoms with E-state index in [4.69, 9.17) is 28.9 Å². The number of benzene rings is 2. The van der Waals surface area contributed by atoms with E-state index in [9.17, 15) is 0 Å². The van der Waals surface area contributed by atoms with Gasteiger partial charge in [-0.15, -0.1) is 0 Å². The lowest BCUT2D eigenvalue weighted by atomic mass is 10.1. The smallest absolute Gasteiger partial charge is 0.231 e. The summed E-state index contributed by atoms with van der Waals surface area (Å²) in [5.74, 6) is 2.27. The van der Waals surface area contributed by atoms with Crippen LogP contribution < -0.4 is 14.2 Å². The number of nitrogens with zero attached hydrogens (tertiary/aromatic N) is 3. The van der Waals surface area contributed by atoms with E-state index in [2.05, 4.69) is 11.0 Å². The van der Waals surface area contributed by atoms with Crippen molar-refractivity contribution in [3.05, 3.63) is 48.0 Å². The van der Waals surface area contributed by atoms with Gasteiger partial charge >= 0.3 is 0 Å². The Bertz CT molecular complexity index is 1210. The van der Waals surface area contributed by atoms with E-state index in [1.165, 1.54) is 5.56 Å². The van der Waals surface area contributed by atoms with Gasteiger partial charge in [-0.2, -0.15) is 0 Å². The first kappa shape index (κ1) is 19.7. The third-order valence-corrected chi connectivity index (χ3v) is 7.00. The number of ether oxygens (including phenoxy) is 4. The first-order valence-corrected chi connectivity index (χ1v) is 11.6. The number of hydrogen-bond donors (Lipinski definition) is 0. The minimum absolute atomic E-state index is 0.224. The number of fused-ring (bicyclic) bond motifs is 3. The summed E-state index contributed by atoms with van der Waals surface area (Å²) in [6, 6.07) is 14.0. The van der Waals surface area contributed by atoms with Crippen molar-refractivity contribution in [1.29, 1.82) is 0 Å². The molecule has 1 fully saturated rings. The molecule has 6 rings (SSSR count). The molecular formula is C24H23N3O4S. The van der Waals surface area contributed by atoms with Crippen molar-refractivity contribution in [1.82, 2.24) is 9.88 Å². The molecule has 8 heteroatoms. The van der Waals surface area contributed by atoms with Gasteiger partial charge in [0.25, 0.3) is 0 Å². The second-order valence-corrected chi connectivity index (χ2v) is 8.99. The van der Waals surface area contributed by atoms with Gasteiger partial charge in [0.15, 0.2) is 16.7 Å². The van der Waals surface area contributed by atoms with E-state index in [1.54, 1.807) is 18.9 Å². The second-order valence-electron chi connectivity index (χ2n) is 8.03. The SMILES string of the molecule is COc1ccccc1N=C1Sc2nc3cc4c(cc3cc2CN1CC1CCCO1)OCO4. The molecule has 1 atom stereocenters. The van der Waals surface area contributed by atoms with Gasteiger partial charge in [0, 0.05) is 36.7 Å². The highest BCUT2D eigenvalue weighted by molar-refractivity contribution is 8.13. The second kappa shape index (κ2) is 8.18. The zero-order chi connectivity index (χ0) is 21.5. The summed E-state index contributed by atoms with van der Waals surface area (Å²) in [6.07, 6.45) is 2.41. The zero-order valence-electron chi connectivity index (χ0n) is 17.7. The summed E-state index contributed by atoms with van der Waals surface area (Å²) in [5.41, 5.74) is 2.88. The Kier molecular flexibility index (Phi) is 5.04. The number of amidine groups is 1. The molecule has 0 radical (unpaired) electrons. The van der Waals surface area contributed by atoms with E-state index >= 15 is 0 Å². The van der Waals surface area contributed by atoms with Crippen LogP contribution in [0, 0.1) is 0 Å². The van der Waals surface area contributed by atoms with E-state index < -0.39 is 0 Å². The van der Waals surface area contributed by atoms with Gasteiger partial charge in [-0.25, -0.2) is 9.98 Å². The van der Waals surface area contributed by atoms with Crippen molar-refractivity contribution >= 4 is 33.5 Å². The topological polar surface area (TPSA) is 65.4 Å². The third kappa shape index (κ3) is 3.63. The first-order chi connectivity index (χ1) is 15.8. The number of thioether (sulfide) groups is 1. The number of aromatic nitrogens is 1. The summed E-state index contributed by atoms with van der Waals surface area (Å²) >= 11 is 1.59. The lowest BCUT2D eigenvalue weighted by Gasteiger charge is -2.32. The fourth-order valence-corrected chi connectivity index (χ4v) is 5.30. The van der Waals surface area contributed by atoms with Gasteiger partial charge in [0.05, 0.1) is 18.7 Å². The van der Waals surface area contributed by atoms with Gasteiger partial charge in [-0.3, -0.25) is 0 Å². The fourth-order valence-electron chi connectivity index (χ4n) is 4.31. The van der Waals surface area contributed by atoms with Crippen LogP contribution >= 0.6 is 11.8 Å². The highest BCUT2D eigenvalue weighted by Crippen LogP contribution is 2.40. The molecule has 0 saturated carbocycles. The third-order valence-electron chi connectivity index (χ3n) is 5.92. The molecule has 1 saturated heterocycles. The normalized spacial score (nSPS) is 20.7. The molecule has 2 aromatic carbocycles.